The van der Waals surface area contributed by atoms with Crippen molar-refractivity contribution in [2.24, 2.45) is 11.8 Å². The highest BCUT2D eigenvalue weighted by molar-refractivity contribution is 5.72. The van der Waals surface area contributed by atoms with Crippen molar-refractivity contribution in [1.29, 1.82) is 0 Å². The molecule has 2 atom stereocenters. The van der Waals surface area contributed by atoms with E-state index < -0.39 is 6.09 Å². The Bertz CT molecular complexity index is 1030. The lowest BCUT2D eigenvalue weighted by Gasteiger charge is -2.28. The van der Waals surface area contributed by atoms with Crippen LogP contribution in [0.1, 0.15) is 68.8 Å². The van der Waals surface area contributed by atoms with Crippen LogP contribution in [0.4, 0.5) is 4.79 Å². The molecular formula is C26H35N3O6. The predicted molar refractivity (Wildman–Crippen MR) is 128 cm³/mol. The fraction of sp³-hybridized carbons (Fsp3) is 0.615. The lowest BCUT2D eigenvalue weighted by molar-refractivity contribution is -0.150. The van der Waals surface area contributed by atoms with Crippen molar-refractivity contribution < 1.29 is 28.3 Å². The van der Waals surface area contributed by atoms with E-state index in [9.17, 15) is 9.59 Å². The smallest absolute Gasteiger partial charge is 0.407 e. The van der Waals surface area contributed by atoms with Crippen molar-refractivity contribution in [2.75, 3.05) is 13.2 Å². The number of carbonyl (C=O) groups excluding carboxylic acids is 2. The van der Waals surface area contributed by atoms with Crippen LogP contribution in [0, 0.1) is 25.7 Å². The van der Waals surface area contributed by atoms with Crippen LogP contribution in [0.15, 0.2) is 16.7 Å². The summed E-state index contributed by atoms with van der Waals surface area (Å²) in [6.07, 6.45) is 6.30. The number of aromatic nitrogens is 2. The summed E-state index contributed by atoms with van der Waals surface area (Å²) in [5.74, 6) is 1.64. The van der Waals surface area contributed by atoms with E-state index in [0.717, 1.165) is 31.6 Å². The predicted octanol–water partition coefficient (Wildman–Crippen LogP) is 4.88. The summed E-state index contributed by atoms with van der Waals surface area (Å²) in [6.45, 7) is 6.58. The zero-order valence-corrected chi connectivity index (χ0v) is 20.8. The van der Waals surface area contributed by atoms with Gasteiger partial charge in [-0.15, -0.1) is 0 Å². The van der Waals surface area contributed by atoms with Crippen molar-refractivity contribution in [3.05, 3.63) is 29.1 Å². The van der Waals surface area contributed by atoms with Gasteiger partial charge in [0, 0.05) is 6.54 Å². The summed E-state index contributed by atoms with van der Waals surface area (Å²) >= 11 is 0. The molecule has 9 heteroatoms. The SMILES string of the molecule is CCOC(=O)[C@H]1CCC[C@H](Oc2ccc(-c3onc(C)c3COC(=O)NCCC3CC3)nc2C)C1. The number of aryl methyl sites for hydroxylation is 2. The van der Waals surface area contributed by atoms with Crippen LogP contribution < -0.4 is 10.1 Å². The fourth-order valence-corrected chi connectivity index (χ4v) is 4.44. The molecule has 0 radical (unpaired) electrons. The molecule has 1 amide bonds. The van der Waals surface area contributed by atoms with Crippen LogP contribution in [0.25, 0.3) is 11.5 Å². The van der Waals surface area contributed by atoms with E-state index in [2.05, 4.69) is 15.5 Å². The maximum atomic E-state index is 12.1. The summed E-state index contributed by atoms with van der Waals surface area (Å²) in [6, 6.07) is 3.67. The first-order valence-electron chi connectivity index (χ1n) is 12.6. The van der Waals surface area contributed by atoms with Crippen molar-refractivity contribution in [1.82, 2.24) is 15.5 Å². The normalized spacial score (nSPS) is 19.7. The quantitative estimate of drug-likeness (QED) is 0.474. The average molecular weight is 486 g/mol. The Hall–Kier alpha value is -3.10. The topological polar surface area (TPSA) is 113 Å². The first kappa shape index (κ1) is 25.0. The summed E-state index contributed by atoms with van der Waals surface area (Å²) in [5.41, 5.74) is 2.64. The lowest BCUT2D eigenvalue weighted by Crippen LogP contribution is -2.31. The first-order valence-corrected chi connectivity index (χ1v) is 12.6. The number of carbonyl (C=O) groups is 2. The molecule has 2 aliphatic carbocycles. The molecular weight excluding hydrogens is 450 g/mol. The molecule has 0 saturated heterocycles. The van der Waals surface area contributed by atoms with Gasteiger partial charge < -0.3 is 24.1 Å². The van der Waals surface area contributed by atoms with Gasteiger partial charge in [-0.25, -0.2) is 9.78 Å². The van der Waals surface area contributed by atoms with Gasteiger partial charge in [0.1, 0.15) is 18.1 Å². The molecule has 35 heavy (non-hydrogen) atoms. The minimum atomic E-state index is -0.446. The molecule has 0 aliphatic heterocycles. The molecule has 0 aromatic carbocycles. The van der Waals surface area contributed by atoms with Crippen LogP contribution in [-0.4, -0.2) is 41.5 Å². The van der Waals surface area contributed by atoms with E-state index in [1.54, 1.807) is 0 Å². The third-order valence-corrected chi connectivity index (χ3v) is 6.66. The first-order chi connectivity index (χ1) is 16.9. The van der Waals surface area contributed by atoms with E-state index in [1.807, 2.05) is 32.9 Å². The second-order valence-corrected chi connectivity index (χ2v) is 9.45. The molecule has 2 fully saturated rings. The second-order valence-electron chi connectivity index (χ2n) is 9.45. The van der Waals surface area contributed by atoms with Gasteiger partial charge in [0.15, 0.2) is 5.76 Å². The van der Waals surface area contributed by atoms with Crippen LogP contribution in [0.2, 0.25) is 0 Å². The number of rotatable bonds is 10. The van der Waals surface area contributed by atoms with E-state index >= 15 is 0 Å². The highest BCUT2D eigenvalue weighted by Crippen LogP contribution is 2.33. The van der Waals surface area contributed by atoms with Crippen molar-refractivity contribution in [3.8, 4) is 17.2 Å². The van der Waals surface area contributed by atoms with E-state index in [-0.39, 0.29) is 24.6 Å². The molecule has 2 aromatic heterocycles. The van der Waals surface area contributed by atoms with E-state index in [1.165, 1.54) is 12.8 Å². The minimum absolute atomic E-state index is 0.0518. The van der Waals surface area contributed by atoms with Crippen LogP contribution in [0.3, 0.4) is 0 Å². The Morgan fingerprint density at radius 2 is 1.94 bits per heavy atom. The van der Waals surface area contributed by atoms with Gasteiger partial charge in [-0.2, -0.15) is 0 Å². The molecule has 190 valence electrons. The maximum absolute atomic E-state index is 12.1. The van der Waals surface area contributed by atoms with Gasteiger partial charge in [-0.1, -0.05) is 18.0 Å². The van der Waals surface area contributed by atoms with Crippen molar-refractivity contribution in [3.63, 3.8) is 0 Å². The number of hydrogen-bond donors (Lipinski definition) is 1. The number of esters is 1. The van der Waals surface area contributed by atoms with E-state index in [0.29, 0.717) is 53.7 Å². The molecule has 0 bridgehead atoms. The Balaban J connectivity index is 1.36. The van der Waals surface area contributed by atoms with Gasteiger partial charge in [0.2, 0.25) is 0 Å². The molecule has 9 nitrogen and oxygen atoms in total. The lowest BCUT2D eigenvalue weighted by atomic mass is 9.87. The molecule has 2 saturated carbocycles. The summed E-state index contributed by atoms with van der Waals surface area (Å²) < 4.78 is 22.3. The van der Waals surface area contributed by atoms with Crippen LogP contribution >= 0.6 is 0 Å². The van der Waals surface area contributed by atoms with Gasteiger partial charge >= 0.3 is 12.1 Å². The molecule has 2 aromatic rings. The molecule has 0 spiro atoms. The number of pyridine rings is 1. The Morgan fingerprint density at radius 3 is 2.69 bits per heavy atom. The number of nitrogens with zero attached hydrogens (tertiary/aromatic N) is 2. The second kappa shape index (κ2) is 11.6. The minimum Gasteiger partial charge on any atom is -0.489 e. The highest BCUT2D eigenvalue weighted by Gasteiger charge is 2.30. The standard InChI is InChI=1S/C26H35N3O6/c1-4-32-25(30)19-6-5-7-20(14-19)34-23-11-10-22(28-17(23)3)24-21(16(2)29-35-24)15-33-26(31)27-13-12-18-8-9-18/h10-11,18-20H,4-9,12-15H2,1-3H3,(H,27,31)/t19-,20-/m0/s1. The fourth-order valence-electron chi connectivity index (χ4n) is 4.44. The monoisotopic (exact) mass is 485 g/mol. The van der Waals surface area contributed by atoms with Crippen LogP contribution in [-0.2, 0) is 20.9 Å². The molecule has 2 aliphatic rings. The largest absolute Gasteiger partial charge is 0.489 e. The van der Waals surface area contributed by atoms with Crippen LogP contribution in [0.5, 0.6) is 5.75 Å². The third-order valence-electron chi connectivity index (χ3n) is 6.66. The van der Waals surface area contributed by atoms with Gasteiger partial charge in [0.05, 0.1) is 35.6 Å². The molecule has 4 rings (SSSR count). The Labute approximate surface area is 205 Å². The molecule has 1 N–H and O–H groups in total. The number of ether oxygens (including phenoxy) is 3. The van der Waals surface area contributed by atoms with Crippen molar-refractivity contribution in [2.45, 2.75) is 78.4 Å². The Kier molecular flexibility index (Phi) is 8.25. The molecule has 2 heterocycles. The van der Waals surface area contributed by atoms with Gasteiger partial charge in [-0.3, -0.25) is 4.79 Å². The number of alkyl carbamates (subject to hydrolysis) is 1. The zero-order chi connectivity index (χ0) is 24.8. The third kappa shape index (κ3) is 6.74. The van der Waals surface area contributed by atoms with E-state index in [4.69, 9.17) is 18.7 Å². The number of nitrogens with one attached hydrogen (secondary N) is 1. The summed E-state index contributed by atoms with van der Waals surface area (Å²) in [7, 11) is 0. The van der Waals surface area contributed by atoms with Crippen molar-refractivity contribution >= 4 is 12.1 Å². The van der Waals surface area contributed by atoms with Gasteiger partial charge in [-0.05, 0) is 70.9 Å². The Morgan fingerprint density at radius 1 is 1.11 bits per heavy atom. The maximum Gasteiger partial charge on any atom is 0.407 e. The average Bonchev–Trinajstić information content (AvgIpc) is 3.60. The highest BCUT2D eigenvalue weighted by atomic mass is 16.6. The zero-order valence-electron chi connectivity index (χ0n) is 20.8. The summed E-state index contributed by atoms with van der Waals surface area (Å²) in [5, 5.41) is 6.84. The molecule has 0 unspecified atom stereocenters. The van der Waals surface area contributed by atoms with Gasteiger partial charge in [0.25, 0.3) is 0 Å². The number of amides is 1. The summed E-state index contributed by atoms with van der Waals surface area (Å²) in [4.78, 5) is 28.8. The number of hydrogen-bond acceptors (Lipinski definition) is 8.